The number of rotatable bonds is 0. The van der Waals surface area contributed by atoms with Gasteiger partial charge in [-0.2, -0.15) is 0 Å². The van der Waals surface area contributed by atoms with Crippen molar-refractivity contribution in [2.24, 2.45) is 23.7 Å². The zero-order chi connectivity index (χ0) is 8.29. The molecule has 0 spiro atoms. The van der Waals surface area contributed by atoms with Crippen molar-refractivity contribution in [2.45, 2.75) is 6.42 Å². The Morgan fingerprint density at radius 3 is 2.58 bits per heavy atom. The first-order valence-corrected chi connectivity index (χ1v) is 4.40. The summed E-state index contributed by atoms with van der Waals surface area (Å²) >= 11 is 0. The van der Waals surface area contributed by atoms with Gasteiger partial charge in [0.2, 0.25) is 0 Å². The van der Waals surface area contributed by atoms with Gasteiger partial charge in [0.05, 0.1) is 0 Å². The van der Waals surface area contributed by atoms with Crippen molar-refractivity contribution in [1.29, 1.82) is 0 Å². The Kier molecular flexibility index (Phi) is 0.978. The third kappa shape index (κ3) is 0.554. The Hall–Kier alpha value is -1.05. The molecule has 2 nitrogen and oxygen atoms in total. The van der Waals surface area contributed by atoms with Crippen LogP contribution in [0, 0.1) is 23.7 Å². The van der Waals surface area contributed by atoms with Gasteiger partial charge >= 0.3 is 0 Å². The van der Waals surface area contributed by atoms with Crippen LogP contribution in [0.15, 0.2) is 24.0 Å². The normalized spacial score (nSPS) is 48.3. The molecule has 0 aliphatic heterocycles. The zero-order valence-electron chi connectivity index (χ0n) is 6.60. The van der Waals surface area contributed by atoms with Crippen LogP contribution < -0.4 is 0 Å². The number of hydrogen-bond acceptors (Lipinski definition) is 2. The minimum atomic E-state index is 0.0833. The largest absolute Gasteiger partial charge is 0.512 e. The molecule has 0 aromatic rings. The van der Waals surface area contributed by atoms with Gasteiger partial charge in [-0.25, -0.2) is 0 Å². The van der Waals surface area contributed by atoms with Crippen LogP contribution in [0.5, 0.6) is 0 Å². The maximum atomic E-state index is 11.4. The molecular weight excluding hydrogens is 152 g/mol. The predicted octanol–water partition coefficient (Wildman–Crippen LogP) is 1.45. The first kappa shape index (κ1) is 6.46. The van der Waals surface area contributed by atoms with Gasteiger partial charge in [-0.1, -0.05) is 12.2 Å². The van der Waals surface area contributed by atoms with Crippen molar-refractivity contribution in [3.05, 3.63) is 24.0 Å². The van der Waals surface area contributed by atoms with E-state index in [4.69, 9.17) is 0 Å². The van der Waals surface area contributed by atoms with Gasteiger partial charge in [-0.05, 0) is 18.3 Å². The monoisotopic (exact) mass is 162 g/mol. The quantitative estimate of drug-likeness (QED) is 0.547. The number of aliphatic hydroxyl groups is 1. The van der Waals surface area contributed by atoms with E-state index in [0.717, 1.165) is 6.42 Å². The molecule has 0 heterocycles. The molecule has 0 unspecified atom stereocenters. The number of hydrogen-bond donors (Lipinski definition) is 1. The maximum absolute atomic E-state index is 11.4. The van der Waals surface area contributed by atoms with Gasteiger partial charge in [-0.15, -0.1) is 0 Å². The van der Waals surface area contributed by atoms with Crippen LogP contribution in [0.25, 0.3) is 0 Å². The SMILES string of the molecule is O=C1C=C(O)[C@H]2[C@@H]1[C@@H]1C=C[C@@H]2C1. The summed E-state index contributed by atoms with van der Waals surface area (Å²) in [7, 11) is 0. The number of ketones is 1. The van der Waals surface area contributed by atoms with Gasteiger partial charge in [0.1, 0.15) is 5.76 Å². The highest BCUT2D eigenvalue weighted by Crippen LogP contribution is 2.53. The number of carbonyl (C=O) groups excluding carboxylic acids is 1. The molecule has 3 aliphatic rings. The highest BCUT2D eigenvalue weighted by atomic mass is 16.3. The molecule has 3 aliphatic carbocycles. The van der Waals surface area contributed by atoms with Crippen molar-refractivity contribution in [2.75, 3.05) is 0 Å². The maximum Gasteiger partial charge on any atom is 0.163 e. The van der Waals surface area contributed by atoms with E-state index in [0.29, 0.717) is 17.6 Å². The summed E-state index contributed by atoms with van der Waals surface area (Å²) in [6.07, 6.45) is 6.77. The standard InChI is InChI=1S/C10H10O2/c11-7-4-8(12)10-6-2-1-5(3-6)9(7)10/h1-2,4-6,9-11H,3H2/t5-,6-,9+,10-/m1/s1. The summed E-state index contributed by atoms with van der Waals surface area (Å²) in [4.78, 5) is 11.4. The van der Waals surface area contributed by atoms with Crippen LogP contribution in [0.3, 0.4) is 0 Å². The number of fused-ring (bicyclic) bond motifs is 5. The fourth-order valence-electron chi connectivity index (χ4n) is 2.95. The Labute approximate surface area is 70.6 Å². The average Bonchev–Trinajstić information content (AvgIpc) is 2.64. The molecule has 1 fully saturated rings. The second kappa shape index (κ2) is 1.82. The molecule has 0 aromatic carbocycles. The van der Waals surface area contributed by atoms with Gasteiger partial charge in [0.25, 0.3) is 0 Å². The Balaban J connectivity index is 2.09. The fraction of sp³-hybridized carbons (Fsp3) is 0.500. The van der Waals surface area contributed by atoms with Gasteiger partial charge in [-0.3, -0.25) is 4.79 Å². The summed E-state index contributed by atoms with van der Waals surface area (Å²) in [5, 5.41) is 9.50. The highest BCUT2D eigenvalue weighted by molar-refractivity contribution is 5.96. The van der Waals surface area contributed by atoms with Crippen molar-refractivity contribution < 1.29 is 9.90 Å². The molecule has 4 atom stereocenters. The Bertz CT molecular complexity index is 314. The van der Waals surface area contributed by atoms with E-state index in [1.165, 1.54) is 6.08 Å². The molecule has 3 rings (SSSR count). The molecule has 0 radical (unpaired) electrons. The number of aliphatic hydroxyl groups excluding tert-OH is 1. The van der Waals surface area contributed by atoms with E-state index in [2.05, 4.69) is 12.2 Å². The lowest BCUT2D eigenvalue weighted by Gasteiger charge is -2.19. The summed E-state index contributed by atoms with van der Waals surface area (Å²) in [5.41, 5.74) is 0. The topological polar surface area (TPSA) is 37.3 Å². The van der Waals surface area contributed by atoms with E-state index in [1.807, 2.05) is 0 Å². The highest BCUT2D eigenvalue weighted by Gasteiger charge is 2.52. The van der Waals surface area contributed by atoms with E-state index in [-0.39, 0.29) is 17.6 Å². The second-order valence-electron chi connectivity index (χ2n) is 3.97. The molecule has 0 amide bonds. The van der Waals surface area contributed by atoms with Crippen LogP contribution in [0.2, 0.25) is 0 Å². The lowest BCUT2D eigenvalue weighted by molar-refractivity contribution is -0.118. The average molecular weight is 162 g/mol. The molecule has 12 heavy (non-hydrogen) atoms. The van der Waals surface area contributed by atoms with Crippen LogP contribution in [-0.4, -0.2) is 10.9 Å². The lowest BCUT2D eigenvalue weighted by atomic mass is 9.84. The van der Waals surface area contributed by atoms with Crippen LogP contribution in [0.4, 0.5) is 0 Å². The Morgan fingerprint density at radius 1 is 1.25 bits per heavy atom. The van der Waals surface area contributed by atoms with E-state index in [1.54, 1.807) is 0 Å². The summed E-state index contributed by atoms with van der Waals surface area (Å²) in [6, 6.07) is 0. The molecule has 1 N–H and O–H groups in total. The van der Waals surface area contributed by atoms with E-state index >= 15 is 0 Å². The second-order valence-corrected chi connectivity index (χ2v) is 3.97. The zero-order valence-corrected chi connectivity index (χ0v) is 6.60. The van der Waals surface area contributed by atoms with Crippen LogP contribution in [-0.2, 0) is 4.79 Å². The number of allylic oxidation sites excluding steroid dienone is 4. The summed E-state index contributed by atoms with van der Waals surface area (Å²) < 4.78 is 0. The molecular formula is C10H10O2. The van der Waals surface area contributed by atoms with Gasteiger partial charge in [0, 0.05) is 17.9 Å². The summed E-state index contributed by atoms with van der Waals surface area (Å²) in [6.45, 7) is 0. The predicted molar refractivity (Wildman–Crippen MR) is 43.4 cm³/mol. The van der Waals surface area contributed by atoms with Gasteiger partial charge in [0.15, 0.2) is 5.78 Å². The van der Waals surface area contributed by atoms with Crippen molar-refractivity contribution in [3.63, 3.8) is 0 Å². The minimum Gasteiger partial charge on any atom is -0.512 e. The third-order valence-corrected chi connectivity index (χ3v) is 3.42. The Morgan fingerprint density at radius 2 is 1.92 bits per heavy atom. The molecule has 0 aromatic heterocycles. The molecule has 0 saturated heterocycles. The van der Waals surface area contributed by atoms with Crippen molar-refractivity contribution in [1.82, 2.24) is 0 Å². The van der Waals surface area contributed by atoms with E-state index in [9.17, 15) is 9.90 Å². The van der Waals surface area contributed by atoms with Crippen molar-refractivity contribution in [3.8, 4) is 0 Å². The molecule has 2 heteroatoms. The molecule has 1 saturated carbocycles. The van der Waals surface area contributed by atoms with Crippen LogP contribution in [0.1, 0.15) is 6.42 Å². The molecule has 2 bridgehead atoms. The van der Waals surface area contributed by atoms with Gasteiger partial charge < -0.3 is 5.11 Å². The minimum absolute atomic E-state index is 0.0833. The van der Waals surface area contributed by atoms with Crippen molar-refractivity contribution >= 4 is 5.78 Å². The summed E-state index contributed by atoms with van der Waals surface area (Å²) in [5.74, 6) is 1.51. The molecule has 62 valence electrons. The first-order valence-electron chi connectivity index (χ1n) is 4.40. The third-order valence-electron chi connectivity index (χ3n) is 3.42. The van der Waals surface area contributed by atoms with E-state index < -0.39 is 0 Å². The smallest absolute Gasteiger partial charge is 0.163 e. The lowest BCUT2D eigenvalue weighted by Crippen LogP contribution is -2.21. The number of carbonyl (C=O) groups is 1. The first-order chi connectivity index (χ1) is 5.77. The fourth-order valence-corrected chi connectivity index (χ4v) is 2.95. The van der Waals surface area contributed by atoms with Crippen LogP contribution >= 0.6 is 0 Å².